The van der Waals surface area contributed by atoms with Gasteiger partial charge in [0.2, 0.25) is 0 Å². The van der Waals surface area contributed by atoms with E-state index >= 15 is 0 Å². The lowest BCUT2D eigenvalue weighted by Crippen LogP contribution is -2.41. The van der Waals surface area contributed by atoms with Crippen molar-refractivity contribution in [1.29, 1.82) is 0 Å². The number of carbonyl (C=O) groups excluding carboxylic acids is 1. The number of hydrogen-bond acceptors (Lipinski definition) is 5. The molecule has 0 aliphatic heterocycles. The molecule has 0 spiro atoms. The van der Waals surface area contributed by atoms with Crippen molar-refractivity contribution in [3.8, 4) is 0 Å². The van der Waals surface area contributed by atoms with Crippen molar-refractivity contribution in [2.75, 3.05) is 12.9 Å². The van der Waals surface area contributed by atoms with Gasteiger partial charge in [0.1, 0.15) is 0 Å². The van der Waals surface area contributed by atoms with E-state index in [-0.39, 0.29) is 5.75 Å². The summed E-state index contributed by atoms with van der Waals surface area (Å²) in [5, 5.41) is 17.2. The maximum atomic E-state index is 10.3. The summed E-state index contributed by atoms with van der Waals surface area (Å²) < 4.78 is 4.02. The van der Waals surface area contributed by atoms with E-state index < -0.39 is 11.8 Å². The molecule has 0 bridgehead atoms. The number of carbonyl (C=O) groups is 1. The normalized spacial score (nSPS) is 11.1. The molecule has 0 fully saturated rings. The molecule has 9 heavy (non-hydrogen) atoms. The first-order valence-corrected chi connectivity index (χ1v) is 2.82. The van der Waals surface area contributed by atoms with Crippen LogP contribution in [0.2, 0.25) is 0 Å². The molecule has 2 N–H and O–H groups in total. The third kappa shape index (κ3) is 2.21. The van der Waals surface area contributed by atoms with Gasteiger partial charge < -0.3 is 14.9 Å². The van der Waals surface area contributed by atoms with Gasteiger partial charge in [-0.1, -0.05) is 0 Å². The van der Waals surface area contributed by atoms with Crippen LogP contribution in [0.15, 0.2) is 0 Å². The first-order chi connectivity index (χ1) is 4.04. The zero-order valence-corrected chi connectivity index (χ0v) is 5.76. The maximum Gasteiger partial charge on any atom is 0.367 e. The molecule has 0 aromatic carbocycles. The van der Waals surface area contributed by atoms with Crippen molar-refractivity contribution < 1.29 is 19.7 Å². The molecule has 0 aliphatic rings. The monoisotopic (exact) mass is 152 g/mol. The van der Waals surface area contributed by atoms with Gasteiger partial charge in [0.25, 0.3) is 5.79 Å². The van der Waals surface area contributed by atoms with Crippen LogP contribution in [-0.2, 0) is 9.53 Å². The van der Waals surface area contributed by atoms with Crippen LogP contribution in [0.25, 0.3) is 0 Å². The van der Waals surface area contributed by atoms with Crippen molar-refractivity contribution in [2.24, 2.45) is 0 Å². The molecule has 0 aromatic rings. The van der Waals surface area contributed by atoms with Crippen LogP contribution in [0.3, 0.4) is 0 Å². The lowest BCUT2D eigenvalue weighted by atomic mass is 10.3. The minimum Gasteiger partial charge on any atom is -0.465 e. The predicted octanol–water partition coefficient (Wildman–Crippen LogP) is -1.23. The van der Waals surface area contributed by atoms with E-state index in [4.69, 9.17) is 10.2 Å². The number of ether oxygens (including phenoxy) is 1. The summed E-state index contributed by atoms with van der Waals surface area (Å²) in [6.07, 6.45) is 0. The SMILES string of the molecule is COC(=O)C(O)(O)CS. The number of rotatable bonds is 2. The molecule has 0 aliphatic carbocycles. The van der Waals surface area contributed by atoms with Crippen molar-refractivity contribution in [3.63, 3.8) is 0 Å². The van der Waals surface area contributed by atoms with Crippen molar-refractivity contribution in [1.82, 2.24) is 0 Å². The van der Waals surface area contributed by atoms with Crippen LogP contribution in [0.4, 0.5) is 0 Å². The smallest absolute Gasteiger partial charge is 0.367 e. The van der Waals surface area contributed by atoms with E-state index in [1.54, 1.807) is 0 Å². The number of esters is 1. The Kier molecular flexibility index (Phi) is 2.96. The first kappa shape index (κ1) is 8.74. The first-order valence-electron chi connectivity index (χ1n) is 2.18. The summed E-state index contributed by atoms with van der Waals surface area (Å²) in [5.41, 5.74) is 0. The van der Waals surface area contributed by atoms with Gasteiger partial charge in [0.15, 0.2) is 0 Å². The van der Waals surface area contributed by atoms with E-state index in [2.05, 4.69) is 17.4 Å². The molecule has 0 atom stereocenters. The summed E-state index contributed by atoms with van der Waals surface area (Å²) in [6, 6.07) is 0. The molecule has 0 unspecified atom stereocenters. The van der Waals surface area contributed by atoms with E-state index in [9.17, 15) is 4.79 Å². The molecule has 0 aromatic heterocycles. The molecule has 0 saturated heterocycles. The minimum absolute atomic E-state index is 0.375. The van der Waals surface area contributed by atoms with Crippen molar-refractivity contribution in [2.45, 2.75) is 5.79 Å². The van der Waals surface area contributed by atoms with Gasteiger partial charge in [-0.2, -0.15) is 12.6 Å². The molecule has 0 heterocycles. The van der Waals surface area contributed by atoms with Gasteiger partial charge >= 0.3 is 5.97 Å². The summed E-state index contributed by atoms with van der Waals surface area (Å²) in [6.45, 7) is 0. The van der Waals surface area contributed by atoms with E-state index in [0.29, 0.717) is 0 Å². The average molecular weight is 152 g/mol. The van der Waals surface area contributed by atoms with Crippen LogP contribution in [-0.4, -0.2) is 34.8 Å². The lowest BCUT2D eigenvalue weighted by Gasteiger charge is -2.14. The number of aliphatic hydroxyl groups is 2. The summed E-state index contributed by atoms with van der Waals surface area (Å²) >= 11 is 3.49. The number of hydrogen-bond donors (Lipinski definition) is 3. The summed E-state index contributed by atoms with van der Waals surface area (Å²) in [7, 11) is 1.06. The van der Waals surface area contributed by atoms with Gasteiger partial charge in [0.05, 0.1) is 12.9 Å². The van der Waals surface area contributed by atoms with Crippen LogP contribution in [0, 0.1) is 0 Å². The maximum absolute atomic E-state index is 10.3. The minimum atomic E-state index is -2.45. The Labute approximate surface area is 57.9 Å². The number of thiol groups is 1. The molecular weight excluding hydrogens is 144 g/mol. The van der Waals surface area contributed by atoms with Gasteiger partial charge in [-0.25, -0.2) is 4.79 Å². The molecule has 54 valence electrons. The molecule has 0 amide bonds. The Morgan fingerprint density at radius 2 is 2.22 bits per heavy atom. The standard InChI is InChI=1S/C4H8O4S/c1-8-3(5)4(6,7)2-9/h6-7,9H,2H2,1H3. The van der Waals surface area contributed by atoms with Gasteiger partial charge in [-0.05, 0) is 0 Å². The highest BCUT2D eigenvalue weighted by Crippen LogP contribution is 2.02. The molecule has 0 saturated carbocycles. The van der Waals surface area contributed by atoms with Gasteiger partial charge in [-0.15, -0.1) is 0 Å². The van der Waals surface area contributed by atoms with E-state index in [0.717, 1.165) is 7.11 Å². The highest BCUT2D eigenvalue weighted by atomic mass is 32.1. The topological polar surface area (TPSA) is 66.8 Å². The largest absolute Gasteiger partial charge is 0.465 e. The van der Waals surface area contributed by atoms with Gasteiger partial charge in [0, 0.05) is 0 Å². The zero-order valence-electron chi connectivity index (χ0n) is 4.87. The summed E-state index contributed by atoms with van der Waals surface area (Å²) in [4.78, 5) is 10.3. The quantitative estimate of drug-likeness (QED) is 0.263. The highest BCUT2D eigenvalue weighted by molar-refractivity contribution is 7.80. The fourth-order valence-electron chi connectivity index (χ4n) is 0.228. The zero-order chi connectivity index (χ0) is 7.49. The molecule has 0 rings (SSSR count). The molecule has 4 nitrogen and oxygen atoms in total. The van der Waals surface area contributed by atoms with Crippen LogP contribution in [0.5, 0.6) is 0 Å². The molecule has 0 radical (unpaired) electrons. The Hall–Kier alpha value is -0.260. The fraction of sp³-hybridized carbons (Fsp3) is 0.750. The second-order valence-electron chi connectivity index (χ2n) is 1.47. The average Bonchev–Trinajstić information content (AvgIpc) is 1.86. The van der Waals surface area contributed by atoms with Gasteiger partial charge in [-0.3, -0.25) is 0 Å². The predicted molar refractivity (Wildman–Crippen MR) is 33.0 cm³/mol. The van der Waals surface area contributed by atoms with Crippen LogP contribution in [0.1, 0.15) is 0 Å². The molecule has 5 heteroatoms. The fourth-order valence-corrected chi connectivity index (χ4v) is 0.357. The lowest BCUT2D eigenvalue weighted by molar-refractivity contribution is -0.198. The Bertz CT molecular complexity index is 111. The Balaban J connectivity index is 3.97. The third-order valence-electron chi connectivity index (χ3n) is 0.733. The molecular formula is C4H8O4S. The van der Waals surface area contributed by atoms with Crippen LogP contribution >= 0.6 is 12.6 Å². The summed E-state index contributed by atoms with van der Waals surface area (Å²) in [5.74, 6) is -3.92. The van der Waals surface area contributed by atoms with E-state index in [1.807, 2.05) is 0 Å². The highest BCUT2D eigenvalue weighted by Gasteiger charge is 2.32. The Morgan fingerprint density at radius 3 is 2.33 bits per heavy atom. The van der Waals surface area contributed by atoms with Crippen LogP contribution < -0.4 is 0 Å². The third-order valence-corrected chi connectivity index (χ3v) is 1.17. The van der Waals surface area contributed by atoms with Crippen molar-refractivity contribution in [3.05, 3.63) is 0 Å². The Morgan fingerprint density at radius 1 is 1.78 bits per heavy atom. The number of methoxy groups -OCH3 is 1. The second-order valence-corrected chi connectivity index (χ2v) is 1.78. The van der Waals surface area contributed by atoms with E-state index in [1.165, 1.54) is 0 Å². The van der Waals surface area contributed by atoms with Crippen molar-refractivity contribution >= 4 is 18.6 Å². The second kappa shape index (κ2) is 3.05.